The molecule has 0 radical (unpaired) electrons. The standard InChI is InChI=1S/C16H21N5O/c1-3-4-11-21(2)15-6-5-14(19-20-15)16(22)18-12-13-7-9-17-10-8-13/h5-10H,3-4,11-12H2,1-2H3,(H,18,22). The molecule has 0 aromatic carbocycles. The Bertz CT molecular complexity index is 585. The van der Waals surface area contributed by atoms with E-state index in [-0.39, 0.29) is 5.91 Å². The predicted molar refractivity (Wildman–Crippen MR) is 85.6 cm³/mol. The minimum absolute atomic E-state index is 0.230. The SMILES string of the molecule is CCCCN(C)c1ccc(C(=O)NCc2ccncc2)nn1. The van der Waals surface area contributed by atoms with Crippen LogP contribution in [0.5, 0.6) is 0 Å². The number of anilines is 1. The molecule has 0 atom stereocenters. The van der Waals surface area contributed by atoms with E-state index in [1.807, 2.05) is 30.1 Å². The van der Waals surface area contributed by atoms with Crippen molar-refractivity contribution in [1.82, 2.24) is 20.5 Å². The lowest BCUT2D eigenvalue weighted by atomic mass is 10.2. The van der Waals surface area contributed by atoms with Gasteiger partial charge in [-0.1, -0.05) is 13.3 Å². The molecule has 6 nitrogen and oxygen atoms in total. The molecule has 2 rings (SSSR count). The second-order valence-electron chi connectivity index (χ2n) is 5.09. The summed E-state index contributed by atoms with van der Waals surface area (Å²) in [6.45, 7) is 3.52. The van der Waals surface area contributed by atoms with Gasteiger partial charge in [-0.3, -0.25) is 9.78 Å². The van der Waals surface area contributed by atoms with Crippen LogP contribution in [0.1, 0.15) is 35.8 Å². The van der Waals surface area contributed by atoms with Gasteiger partial charge in [-0.15, -0.1) is 10.2 Å². The third-order valence-corrected chi connectivity index (χ3v) is 3.32. The predicted octanol–water partition coefficient (Wildman–Crippen LogP) is 2.04. The zero-order valence-corrected chi connectivity index (χ0v) is 13.0. The van der Waals surface area contributed by atoms with Gasteiger partial charge in [0.05, 0.1) is 0 Å². The van der Waals surface area contributed by atoms with Gasteiger partial charge in [0.1, 0.15) is 0 Å². The third kappa shape index (κ3) is 4.51. The molecule has 0 aliphatic carbocycles. The van der Waals surface area contributed by atoms with Crippen LogP contribution in [-0.2, 0) is 6.54 Å². The summed E-state index contributed by atoms with van der Waals surface area (Å²) >= 11 is 0. The molecule has 2 aromatic rings. The summed E-state index contributed by atoms with van der Waals surface area (Å²) in [4.78, 5) is 18.0. The Labute approximate surface area is 130 Å². The van der Waals surface area contributed by atoms with Crippen LogP contribution in [0.15, 0.2) is 36.7 Å². The van der Waals surface area contributed by atoms with Crippen molar-refractivity contribution in [1.29, 1.82) is 0 Å². The number of hydrogen-bond donors (Lipinski definition) is 1. The largest absolute Gasteiger partial charge is 0.358 e. The van der Waals surface area contributed by atoms with E-state index in [1.165, 1.54) is 0 Å². The van der Waals surface area contributed by atoms with Gasteiger partial charge in [-0.05, 0) is 36.2 Å². The second-order valence-corrected chi connectivity index (χ2v) is 5.09. The minimum Gasteiger partial charge on any atom is -0.358 e. The highest BCUT2D eigenvalue weighted by molar-refractivity contribution is 5.92. The van der Waals surface area contributed by atoms with Gasteiger partial charge in [0.25, 0.3) is 5.91 Å². The molecule has 0 saturated carbocycles. The topological polar surface area (TPSA) is 71.0 Å². The molecule has 0 saturated heterocycles. The Hall–Kier alpha value is -2.50. The molecule has 22 heavy (non-hydrogen) atoms. The van der Waals surface area contributed by atoms with Crippen LogP contribution in [-0.4, -0.2) is 34.7 Å². The zero-order chi connectivity index (χ0) is 15.8. The number of pyridine rings is 1. The molecule has 0 unspecified atom stereocenters. The number of unbranched alkanes of at least 4 members (excludes halogenated alkanes) is 1. The van der Waals surface area contributed by atoms with Crippen molar-refractivity contribution in [3.63, 3.8) is 0 Å². The molecule has 0 bridgehead atoms. The lowest BCUT2D eigenvalue weighted by Gasteiger charge is -2.16. The average molecular weight is 299 g/mol. The van der Waals surface area contributed by atoms with Crippen LogP contribution in [0.2, 0.25) is 0 Å². The summed E-state index contributed by atoms with van der Waals surface area (Å²) in [5.41, 5.74) is 1.31. The maximum absolute atomic E-state index is 12.0. The molecule has 116 valence electrons. The van der Waals surface area contributed by atoms with Crippen molar-refractivity contribution in [3.8, 4) is 0 Å². The van der Waals surface area contributed by atoms with Crippen molar-refractivity contribution in [2.75, 3.05) is 18.5 Å². The molecule has 0 fully saturated rings. The molecule has 2 heterocycles. The molecule has 0 spiro atoms. The maximum atomic E-state index is 12.0. The Morgan fingerprint density at radius 3 is 2.59 bits per heavy atom. The molecule has 2 aromatic heterocycles. The number of amides is 1. The minimum atomic E-state index is -0.230. The fraction of sp³-hybridized carbons (Fsp3) is 0.375. The zero-order valence-electron chi connectivity index (χ0n) is 13.0. The Morgan fingerprint density at radius 1 is 1.18 bits per heavy atom. The highest BCUT2D eigenvalue weighted by atomic mass is 16.1. The third-order valence-electron chi connectivity index (χ3n) is 3.32. The first-order chi connectivity index (χ1) is 10.7. The van der Waals surface area contributed by atoms with Crippen molar-refractivity contribution >= 4 is 11.7 Å². The first-order valence-electron chi connectivity index (χ1n) is 7.42. The van der Waals surface area contributed by atoms with Crippen LogP contribution in [0.25, 0.3) is 0 Å². The Morgan fingerprint density at radius 2 is 1.95 bits per heavy atom. The maximum Gasteiger partial charge on any atom is 0.272 e. The number of carbonyl (C=O) groups is 1. The van der Waals surface area contributed by atoms with E-state index in [4.69, 9.17) is 0 Å². The molecule has 1 N–H and O–H groups in total. The van der Waals surface area contributed by atoms with E-state index in [9.17, 15) is 4.79 Å². The summed E-state index contributed by atoms with van der Waals surface area (Å²) in [6, 6.07) is 7.24. The second kappa shape index (κ2) is 8.07. The van der Waals surface area contributed by atoms with E-state index in [1.54, 1.807) is 18.5 Å². The quantitative estimate of drug-likeness (QED) is 0.847. The smallest absolute Gasteiger partial charge is 0.272 e. The van der Waals surface area contributed by atoms with E-state index in [0.717, 1.165) is 30.8 Å². The van der Waals surface area contributed by atoms with E-state index >= 15 is 0 Å². The average Bonchev–Trinajstić information content (AvgIpc) is 2.58. The summed E-state index contributed by atoms with van der Waals surface area (Å²) in [5.74, 6) is 0.547. The number of aromatic nitrogens is 3. The van der Waals surface area contributed by atoms with Crippen LogP contribution in [0.4, 0.5) is 5.82 Å². The van der Waals surface area contributed by atoms with Gasteiger partial charge >= 0.3 is 0 Å². The number of carbonyl (C=O) groups excluding carboxylic acids is 1. The molecule has 6 heteroatoms. The lowest BCUT2D eigenvalue weighted by Crippen LogP contribution is -2.25. The molecule has 0 aliphatic rings. The molecular weight excluding hydrogens is 278 g/mol. The van der Waals surface area contributed by atoms with Crippen LogP contribution in [0, 0.1) is 0 Å². The van der Waals surface area contributed by atoms with Gasteiger partial charge in [0.2, 0.25) is 0 Å². The van der Waals surface area contributed by atoms with E-state index < -0.39 is 0 Å². The first-order valence-corrected chi connectivity index (χ1v) is 7.42. The Kier molecular flexibility index (Phi) is 5.82. The first kappa shape index (κ1) is 15.9. The van der Waals surface area contributed by atoms with E-state index in [2.05, 4.69) is 27.4 Å². The van der Waals surface area contributed by atoms with Crippen LogP contribution < -0.4 is 10.2 Å². The van der Waals surface area contributed by atoms with Crippen molar-refractivity contribution in [2.45, 2.75) is 26.3 Å². The van der Waals surface area contributed by atoms with Gasteiger partial charge < -0.3 is 10.2 Å². The molecular formula is C16H21N5O. The van der Waals surface area contributed by atoms with Crippen LogP contribution in [0.3, 0.4) is 0 Å². The number of nitrogens with zero attached hydrogens (tertiary/aromatic N) is 4. The highest BCUT2D eigenvalue weighted by Crippen LogP contribution is 2.08. The van der Waals surface area contributed by atoms with Gasteiger partial charge in [-0.25, -0.2) is 0 Å². The fourth-order valence-electron chi connectivity index (χ4n) is 1.93. The lowest BCUT2D eigenvalue weighted by molar-refractivity contribution is 0.0945. The molecule has 1 amide bonds. The normalized spacial score (nSPS) is 10.3. The van der Waals surface area contributed by atoms with Gasteiger partial charge in [-0.2, -0.15) is 0 Å². The van der Waals surface area contributed by atoms with Crippen molar-refractivity contribution in [2.24, 2.45) is 0 Å². The number of nitrogens with one attached hydrogen (secondary N) is 1. The summed E-state index contributed by atoms with van der Waals surface area (Å²) < 4.78 is 0. The number of rotatable bonds is 7. The van der Waals surface area contributed by atoms with Crippen molar-refractivity contribution < 1.29 is 4.79 Å². The van der Waals surface area contributed by atoms with Crippen LogP contribution >= 0.6 is 0 Å². The van der Waals surface area contributed by atoms with Crippen molar-refractivity contribution in [3.05, 3.63) is 47.9 Å². The molecule has 0 aliphatic heterocycles. The van der Waals surface area contributed by atoms with Gasteiger partial charge in [0, 0.05) is 32.5 Å². The highest BCUT2D eigenvalue weighted by Gasteiger charge is 2.09. The fourth-order valence-corrected chi connectivity index (χ4v) is 1.93. The summed E-state index contributed by atoms with van der Waals surface area (Å²) in [5, 5.41) is 10.9. The summed E-state index contributed by atoms with van der Waals surface area (Å²) in [7, 11) is 1.98. The van der Waals surface area contributed by atoms with E-state index in [0.29, 0.717) is 12.2 Å². The van der Waals surface area contributed by atoms with Gasteiger partial charge in [0.15, 0.2) is 11.5 Å². The monoisotopic (exact) mass is 299 g/mol. The number of hydrogen-bond acceptors (Lipinski definition) is 5. The summed E-state index contributed by atoms with van der Waals surface area (Å²) in [6.07, 6.45) is 5.63. The Balaban J connectivity index is 1.90.